The molecule has 0 radical (unpaired) electrons. The van der Waals surface area contributed by atoms with E-state index < -0.39 is 5.91 Å². The molecule has 9 heteroatoms. The van der Waals surface area contributed by atoms with E-state index in [1.807, 2.05) is 24.3 Å². The summed E-state index contributed by atoms with van der Waals surface area (Å²) >= 11 is 0. The SMILES string of the molecule is C=CC(=O)N1CCC[C@H](Nc2nnc(C(N)=O)c(Nc3ccc(C(C)(C)C)cc3)n2)C1. The Bertz CT molecular complexity index is 967. The molecule has 0 spiro atoms. The van der Waals surface area contributed by atoms with Crippen LogP contribution in [0.2, 0.25) is 0 Å². The predicted molar refractivity (Wildman–Crippen MR) is 120 cm³/mol. The minimum atomic E-state index is -0.721. The molecule has 0 aliphatic carbocycles. The third-order valence-electron chi connectivity index (χ3n) is 5.17. The molecule has 31 heavy (non-hydrogen) atoms. The molecule has 0 saturated carbocycles. The van der Waals surface area contributed by atoms with Crippen molar-refractivity contribution >= 4 is 29.3 Å². The van der Waals surface area contributed by atoms with Crippen LogP contribution in [0.5, 0.6) is 0 Å². The van der Waals surface area contributed by atoms with E-state index >= 15 is 0 Å². The molecular weight excluding hydrogens is 394 g/mol. The fraction of sp³-hybridized carbons (Fsp3) is 0.409. The number of benzene rings is 1. The molecule has 2 aromatic rings. The number of carbonyl (C=O) groups excluding carboxylic acids is 2. The highest BCUT2D eigenvalue weighted by molar-refractivity contribution is 5.96. The Morgan fingerprint density at radius 2 is 1.94 bits per heavy atom. The largest absolute Gasteiger partial charge is 0.364 e. The van der Waals surface area contributed by atoms with Crippen molar-refractivity contribution in [2.75, 3.05) is 23.7 Å². The van der Waals surface area contributed by atoms with Gasteiger partial charge < -0.3 is 21.3 Å². The zero-order valence-corrected chi connectivity index (χ0v) is 18.2. The van der Waals surface area contributed by atoms with E-state index in [-0.39, 0.29) is 34.8 Å². The minimum Gasteiger partial charge on any atom is -0.364 e. The fourth-order valence-corrected chi connectivity index (χ4v) is 3.44. The van der Waals surface area contributed by atoms with Gasteiger partial charge in [-0.1, -0.05) is 39.5 Å². The molecule has 0 unspecified atom stereocenters. The lowest BCUT2D eigenvalue weighted by molar-refractivity contribution is -0.127. The van der Waals surface area contributed by atoms with E-state index in [0.717, 1.165) is 18.5 Å². The molecule has 2 amide bonds. The van der Waals surface area contributed by atoms with Crippen LogP contribution in [-0.2, 0) is 10.2 Å². The van der Waals surface area contributed by atoms with Crippen molar-refractivity contribution in [2.45, 2.75) is 45.1 Å². The Morgan fingerprint density at radius 3 is 2.55 bits per heavy atom. The Labute approximate surface area is 182 Å². The molecule has 1 fully saturated rings. The molecule has 1 saturated heterocycles. The van der Waals surface area contributed by atoms with Crippen molar-refractivity contribution in [1.82, 2.24) is 20.1 Å². The first-order valence-electron chi connectivity index (χ1n) is 10.3. The number of nitrogens with zero attached hydrogens (tertiary/aromatic N) is 4. The van der Waals surface area contributed by atoms with Gasteiger partial charge in [0.2, 0.25) is 11.9 Å². The second-order valence-electron chi connectivity index (χ2n) is 8.62. The molecule has 9 nitrogen and oxygen atoms in total. The van der Waals surface area contributed by atoms with Crippen LogP contribution in [0.1, 0.15) is 49.7 Å². The lowest BCUT2D eigenvalue weighted by Gasteiger charge is -2.32. The number of hydrogen-bond donors (Lipinski definition) is 3. The van der Waals surface area contributed by atoms with Crippen LogP contribution in [0.25, 0.3) is 0 Å². The minimum absolute atomic E-state index is 0.0298. The van der Waals surface area contributed by atoms with Crippen LogP contribution in [0.4, 0.5) is 17.5 Å². The Kier molecular flexibility index (Phi) is 6.53. The van der Waals surface area contributed by atoms with Gasteiger partial charge in [-0.05, 0) is 42.0 Å². The third kappa shape index (κ3) is 5.56. The van der Waals surface area contributed by atoms with Gasteiger partial charge in [0.1, 0.15) is 0 Å². The zero-order valence-electron chi connectivity index (χ0n) is 18.2. The molecule has 1 aromatic carbocycles. The van der Waals surface area contributed by atoms with E-state index in [1.165, 1.54) is 11.6 Å². The highest BCUT2D eigenvalue weighted by Crippen LogP contribution is 2.25. The molecular formula is C22H29N7O2. The number of anilines is 3. The molecule has 1 aliphatic heterocycles. The van der Waals surface area contributed by atoms with E-state index in [0.29, 0.717) is 13.1 Å². The zero-order chi connectivity index (χ0) is 22.6. The number of piperidine rings is 1. The van der Waals surface area contributed by atoms with E-state index in [1.54, 1.807) is 4.90 Å². The third-order valence-corrected chi connectivity index (χ3v) is 5.17. The average Bonchev–Trinajstić information content (AvgIpc) is 2.73. The monoisotopic (exact) mass is 423 g/mol. The summed E-state index contributed by atoms with van der Waals surface area (Å²) in [4.78, 5) is 29.9. The number of aromatic nitrogens is 3. The lowest BCUT2D eigenvalue weighted by Crippen LogP contribution is -2.44. The van der Waals surface area contributed by atoms with E-state index in [4.69, 9.17) is 5.73 Å². The first-order valence-corrected chi connectivity index (χ1v) is 10.3. The van der Waals surface area contributed by atoms with Crippen molar-refractivity contribution in [1.29, 1.82) is 0 Å². The number of hydrogen-bond acceptors (Lipinski definition) is 7. The molecule has 1 atom stereocenters. The van der Waals surface area contributed by atoms with E-state index in [2.05, 4.69) is 53.2 Å². The maximum absolute atomic E-state index is 11.9. The Balaban J connectivity index is 1.78. The Morgan fingerprint density at radius 1 is 1.23 bits per heavy atom. The van der Waals surface area contributed by atoms with Crippen LogP contribution in [-0.4, -0.2) is 51.0 Å². The molecule has 164 valence electrons. The van der Waals surface area contributed by atoms with Crippen LogP contribution in [0.3, 0.4) is 0 Å². The van der Waals surface area contributed by atoms with Crippen molar-refractivity contribution in [2.24, 2.45) is 5.73 Å². The maximum Gasteiger partial charge on any atom is 0.273 e. The van der Waals surface area contributed by atoms with Crippen LogP contribution >= 0.6 is 0 Å². The van der Waals surface area contributed by atoms with Gasteiger partial charge >= 0.3 is 0 Å². The van der Waals surface area contributed by atoms with Crippen molar-refractivity contribution in [3.8, 4) is 0 Å². The topological polar surface area (TPSA) is 126 Å². The second kappa shape index (κ2) is 9.11. The predicted octanol–water partition coefficient (Wildman–Crippen LogP) is 2.60. The highest BCUT2D eigenvalue weighted by Gasteiger charge is 2.24. The van der Waals surface area contributed by atoms with Gasteiger partial charge in [0.05, 0.1) is 0 Å². The van der Waals surface area contributed by atoms with Gasteiger partial charge in [0, 0.05) is 24.8 Å². The quantitative estimate of drug-likeness (QED) is 0.610. The molecule has 4 N–H and O–H groups in total. The van der Waals surface area contributed by atoms with Crippen LogP contribution in [0.15, 0.2) is 36.9 Å². The standard InChI is InChI=1S/C22H29N7O2/c1-5-17(30)29-12-6-7-16(13-29)25-21-26-20(18(19(23)31)27-28-21)24-15-10-8-14(9-11-15)22(2,3)4/h5,8-11,16H,1,6-7,12-13H2,2-4H3,(H2,23,31)(H2,24,25,26,28)/t16-/m0/s1. The number of carbonyl (C=O) groups is 2. The maximum atomic E-state index is 11.9. The summed E-state index contributed by atoms with van der Waals surface area (Å²) in [6, 6.07) is 7.85. The molecule has 2 heterocycles. The summed E-state index contributed by atoms with van der Waals surface area (Å²) in [5.74, 6) is -0.337. The molecule has 0 bridgehead atoms. The van der Waals surface area contributed by atoms with Gasteiger partial charge in [-0.15, -0.1) is 10.2 Å². The average molecular weight is 424 g/mol. The van der Waals surface area contributed by atoms with Gasteiger partial charge in [0.15, 0.2) is 11.5 Å². The Hall–Kier alpha value is -3.49. The number of likely N-dealkylation sites (tertiary alicyclic amines) is 1. The second-order valence-corrected chi connectivity index (χ2v) is 8.62. The van der Waals surface area contributed by atoms with Gasteiger partial charge in [-0.2, -0.15) is 4.98 Å². The van der Waals surface area contributed by atoms with Crippen molar-refractivity contribution in [3.05, 3.63) is 48.2 Å². The molecule has 3 rings (SSSR count). The first-order chi connectivity index (χ1) is 14.7. The highest BCUT2D eigenvalue weighted by atomic mass is 16.2. The summed E-state index contributed by atoms with van der Waals surface area (Å²) < 4.78 is 0. The molecule has 1 aromatic heterocycles. The summed E-state index contributed by atoms with van der Waals surface area (Å²) in [6.45, 7) is 11.2. The number of rotatable bonds is 6. The van der Waals surface area contributed by atoms with Gasteiger partial charge in [-0.3, -0.25) is 9.59 Å². The van der Waals surface area contributed by atoms with Crippen molar-refractivity contribution < 1.29 is 9.59 Å². The summed E-state index contributed by atoms with van der Waals surface area (Å²) in [5, 5.41) is 14.3. The van der Waals surface area contributed by atoms with Gasteiger partial charge in [0.25, 0.3) is 5.91 Å². The summed E-state index contributed by atoms with van der Waals surface area (Å²) in [7, 11) is 0. The number of primary amides is 1. The fourth-order valence-electron chi connectivity index (χ4n) is 3.44. The normalized spacial score (nSPS) is 16.5. The number of nitrogens with two attached hydrogens (primary N) is 1. The number of amides is 2. The number of nitrogens with one attached hydrogen (secondary N) is 2. The smallest absolute Gasteiger partial charge is 0.273 e. The molecule has 1 aliphatic rings. The lowest BCUT2D eigenvalue weighted by atomic mass is 9.87. The summed E-state index contributed by atoms with van der Waals surface area (Å²) in [5.41, 5.74) is 7.38. The van der Waals surface area contributed by atoms with Crippen LogP contribution < -0.4 is 16.4 Å². The first kappa shape index (κ1) is 22.2. The van der Waals surface area contributed by atoms with Crippen LogP contribution in [0, 0.1) is 0 Å². The van der Waals surface area contributed by atoms with Crippen molar-refractivity contribution in [3.63, 3.8) is 0 Å². The van der Waals surface area contributed by atoms with Gasteiger partial charge in [-0.25, -0.2) is 0 Å². The van der Waals surface area contributed by atoms with E-state index in [9.17, 15) is 9.59 Å². The summed E-state index contributed by atoms with van der Waals surface area (Å²) in [6.07, 6.45) is 3.03.